The van der Waals surface area contributed by atoms with Crippen LogP contribution in [0.15, 0.2) is 42.5 Å². The number of carboxylic acid groups (broad SMARTS) is 1. The maximum Gasteiger partial charge on any atom is 0.416 e. The molecule has 8 heteroatoms. The molecule has 1 fully saturated rings. The third-order valence-corrected chi connectivity index (χ3v) is 5.53. The number of carboxylic acids is 1. The van der Waals surface area contributed by atoms with Crippen molar-refractivity contribution in [3.8, 4) is 11.5 Å². The molecule has 1 heterocycles. The summed E-state index contributed by atoms with van der Waals surface area (Å²) in [6.07, 6.45) is -3.47. The first-order valence-corrected chi connectivity index (χ1v) is 9.60. The minimum Gasteiger partial charge on any atom is -0.497 e. The predicted molar refractivity (Wildman–Crippen MR) is 105 cm³/mol. The summed E-state index contributed by atoms with van der Waals surface area (Å²) in [7, 11) is 3.07. The molecule has 0 aliphatic carbocycles. The SMILES string of the molecule is COc1ccc(OC)c(C(c2ccc(C(F)(F)F)cc2)N2CCC(C(=O)O)CC2)c1. The fraction of sp³-hybridized carbons (Fsp3) is 0.409. The van der Waals surface area contributed by atoms with Crippen molar-refractivity contribution >= 4 is 5.97 Å². The van der Waals surface area contributed by atoms with Crippen LogP contribution in [0.25, 0.3) is 0 Å². The molecule has 3 rings (SSSR count). The minimum atomic E-state index is -4.42. The highest BCUT2D eigenvalue weighted by Crippen LogP contribution is 2.40. The lowest BCUT2D eigenvalue weighted by molar-refractivity contribution is -0.143. The van der Waals surface area contributed by atoms with E-state index >= 15 is 0 Å². The van der Waals surface area contributed by atoms with Gasteiger partial charge >= 0.3 is 12.1 Å². The van der Waals surface area contributed by atoms with Crippen molar-refractivity contribution in [2.24, 2.45) is 5.92 Å². The van der Waals surface area contributed by atoms with Crippen molar-refractivity contribution in [3.05, 3.63) is 59.2 Å². The van der Waals surface area contributed by atoms with E-state index < -0.39 is 29.7 Å². The zero-order valence-electron chi connectivity index (χ0n) is 16.8. The van der Waals surface area contributed by atoms with Gasteiger partial charge < -0.3 is 14.6 Å². The molecule has 1 atom stereocenters. The van der Waals surface area contributed by atoms with Gasteiger partial charge in [0.15, 0.2) is 0 Å². The molecule has 1 N–H and O–H groups in total. The molecule has 2 aromatic carbocycles. The number of benzene rings is 2. The van der Waals surface area contributed by atoms with Gasteiger partial charge in [0.25, 0.3) is 0 Å². The van der Waals surface area contributed by atoms with Crippen LogP contribution in [-0.2, 0) is 11.0 Å². The second-order valence-electron chi connectivity index (χ2n) is 7.28. The van der Waals surface area contributed by atoms with E-state index in [1.54, 1.807) is 12.1 Å². The lowest BCUT2D eigenvalue weighted by Gasteiger charge is -2.37. The topological polar surface area (TPSA) is 59.0 Å². The van der Waals surface area contributed by atoms with Crippen molar-refractivity contribution in [1.29, 1.82) is 0 Å². The molecule has 0 aromatic heterocycles. The third-order valence-electron chi connectivity index (χ3n) is 5.53. The number of carbonyl (C=O) groups is 1. The molecule has 0 saturated carbocycles. The Morgan fingerprint density at radius 2 is 1.70 bits per heavy atom. The Hall–Kier alpha value is -2.74. The first-order chi connectivity index (χ1) is 14.2. The maximum atomic E-state index is 13.0. The molecule has 162 valence electrons. The van der Waals surface area contributed by atoms with Crippen LogP contribution in [0, 0.1) is 5.92 Å². The van der Waals surface area contributed by atoms with Gasteiger partial charge in [0.05, 0.1) is 31.7 Å². The molecule has 1 unspecified atom stereocenters. The summed E-state index contributed by atoms with van der Waals surface area (Å²) in [4.78, 5) is 13.4. The molecular weight excluding hydrogens is 399 g/mol. The molecule has 1 aliphatic rings. The van der Waals surface area contributed by atoms with E-state index in [-0.39, 0.29) is 0 Å². The minimum absolute atomic E-state index is 0.396. The Morgan fingerprint density at radius 3 is 2.20 bits per heavy atom. The van der Waals surface area contributed by atoms with E-state index in [9.17, 15) is 23.1 Å². The number of aliphatic carboxylic acids is 1. The number of ether oxygens (including phenoxy) is 2. The van der Waals surface area contributed by atoms with Crippen molar-refractivity contribution in [2.45, 2.75) is 25.1 Å². The summed E-state index contributed by atoms with van der Waals surface area (Å²) in [6, 6.07) is 10.00. The average molecular weight is 423 g/mol. The van der Waals surface area contributed by atoms with Gasteiger partial charge in [0.2, 0.25) is 0 Å². The Labute approximate surface area is 173 Å². The number of methoxy groups -OCH3 is 2. The van der Waals surface area contributed by atoms with Gasteiger partial charge in [-0.15, -0.1) is 0 Å². The first kappa shape index (κ1) is 22.0. The van der Waals surface area contributed by atoms with Gasteiger partial charge in [0, 0.05) is 5.56 Å². The van der Waals surface area contributed by atoms with Crippen LogP contribution in [-0.4, -0.2) is 43.3 Å². The monoisotopic (exact) mass is 423 g/mol. The molecule has 0 bridgehead atoms. The van der Waals surface area contributed by atoms with Crippen molar-refractivity contribution in [3.63, 3.8) is 0 Å². The molecule has 0 spiro atoms. The number of likely N-dealkylation sites (tertiary alicyclic amines) is 1. The molecule has 0 radical (unpaired) electrons. The number of piperidine rings is 1. The highest BCUT2D eigenvalue weighted by molar-refractivity contribution is 5.70. The van der Waals surface area contributed by atoms with Gasteiger partial charge in [-0.1, -0.05) is 12.1 Å². The third kappa shape index (κ3) is 4.70. The predicted octanol–water partition coefficient (Wildman–Crippen LogP) is 4.61. The van der Waals surface area contributed by atoms with Crippen LogP contribution in [0.3, 0.4) is 0 Å². The fourth-order valence-corrected chi connectivity index (χ4v) is 3.90. The molecule has 30 heavy (non-hydrogen) atoms. The summed E-state index contributed by atoms with van der Waals surface area (Å²) in [6.45, 7) is 1.01. The zero-order chi connectivity index (χ0) is 21.9. The normalized spacial score (nSPS) is 16.8. The second-order valence-corrected chi connectivity index (χ2v) is 7.28. The summed E-state index contributed by atoms with van der Waals surface area (Å²) in [5.41, 5.74) is 0.709. The number of hydrogen-bond donors (Lipinski definition) is 1. The Morgan fingerprint density at radius 1 is 1.07 bits per heavy atom. The van der Waals surface area contributed by atoms with E-state index in [1.807, 2.05) is 6.07 Å². The largest absolute Gasteiger partial charge is 0.497 e. The Kier molecular flexibility index (Phi) is 6.55. The number of halogens is 3. The van der Waals surface area contributed by atoms with Gasteiger partial charge in [0.1, 0.15) is 11.5 Å². The summed E-state index contributed by atoms with van der Waals surface area (Å²) >= 11 is 0. The van der Waals surface area contributed by atoms with Crippen LogP contribution in [0.4, 0.5) is 13.2 Å². The van der Waals surface area contributed by atoms with Gasteiger partial charge in [-0.25, -0.2) is 0 Å². The van der Waals surface area contributed by atoms with Gasteiger partial charge in [-0.05, 0) is 61.8 Å². The van der Waals surface area contributed by atoms with Gasteiger partial charge in [-0.3, -0.25) is 9.69 Å². The number of rotatable bonds is 6. The van der Waals surface area contributed by atoms with Crippen LogP contribution in [0.5, 0.6) is 11.5 Å². The van der Waals surface area contributed by atoms with E-state index in [1.165, 1.54) is 26.4 Å². The average Bonchev–Trinajstić information content (AvgIpc) is 2.74. The van der Waals surface area contributed by atoms with Crippen molar-refractivity contribution in [1.82, 2.24) is 4.90 Å². The second kappa shape index (κ2) is 8.95. The first-order valence-electron chi connectivity index (χ1n) is 9.60. The van der Waals surface area contributed by atoms with Crippen LogP contribution in [0.1, 0.15) is 35.6 Å². The van der Waals surface area contributed by atoms with E-state index in [0.717, 1.165) is 17.7 Å². The van der Waals surface area contributed by atoms with E-state index in [2.05, 4.69) is 4.90 Å². The molecule has 1 saturated heterocycles. The summed E-state index contributed by atoms with van der Waals surface area (Å²) in [5.74, 6) is -0.0504. The summed E-state index contributed by atoms with van der Waals surface area (Å²) < 4.78 is 50.0. The number of hydrogen-bond acceptors (Lipinski definition) is 4. The Balaban J connectivity index is 2.03. The fourth-order valence-electron chi connectivity index (χ4n) is 3.90. The van der Waals surface area contributed by atoms with Crippen molar-refractivity contribution < 1.29 is 32.5 Å². The number of nitrogens with zero attached hydrogens (tertiary/aromatic N) is 1. The molecular formula is C22H24F3NO4. The van der Waals surface area contributed by atoms with E-state index in [0.29, 0.717) is 43.0 Å². The highest BCUT2D eigenvalue weighted by atomic mass is 19.4. The van der Waals surface area contributed by atoms with Crippen LogP contribution in [0.2, 0.25) is 0 Å². The molecule has 2 aromatic rings. The molecule has 5 nitrogen and oxygen atoms in total. The molecule has 0 amide bonds. The van der Waals surface area contributed by atoms with Gasteiger partial charge in [-0.2, -0.15) is 13.2 Å². The van der Waals surface area contributed by atoms with Crippen LogP contribution >= 0.6 is 0 Å². The van der Waals surface area contributed by atoms with Crippen LogP contribution < -0.4 is 9.47 Å². The smallest absolute Gasteiger partial charge is 0.416 e. The standard InChI is InChI=1S/C22H24F3NO4/c1-29-17-7-8-19(30-2)18(13-17)20(26-11-9-15(10-12-26)21(27)28)14-3-5-16(6-4-14)22(23,24)25/h3-8,13,15,20H,9-12H2,1-2H3,(H,27,28). The lowest BCUT2D eigenvalue weighted by atomic mass is 9.90. The summed E-state index contributed by atoms with van der Waals surface area (Å²) in [5, 5.41) is 9.29. The lowest BCUT2D eigenvalue weighted by Crippen LogP contribution is -2.39. The molecule has 1 aliphatic heterocycles. The zero-order valence-corrected chi connectivity index (χ0v) is 16.8. The maximum absolute atomic E-state index is 13.0. The number of alkyl halides is 3. The quantitative estimate of drug-likeness (QED) is 0.736. The Bertz CT molecular complexity index is 875. The van der Waals surface area contributed by atoms with Crippen molar-refractivity contribution in [2.75, 3.05) is 27.3 Å². The highest BCUT2D eigenvalue weighted by Gasteiger charge is 2.34. The van der Waals surface area contributed by atoms with E-state index in [4.69, 9.17) is 9.47 Å².